The van der Waals surface area contributed by atoms with Crippen molar-refractivity contribution in [3.05, 3.63) is 51.7 Å². The number of hydrogen-bond donors (Lipinski definition) is 2. The highest BCUT2D eigenvalue weighted by molar-refractivity contribution is 7.11. The summed E-state index contributed by atoms with van der Waals surface area (Å²) in [4.78, 5) is 9.42. The van der Waals surface area contributed by atoms with Crippen molar-refractivity contribution < 1.29 is 0 Å². The highest BCUT2D eigenvalue weighted by Gasteiger charge is 2.01. The Balaban J connectivity index is 1.94. The molecule has 0 atom stereocenters. The topological polar surface area (TPSA) is 39.7 Å². The molecule has 0 spiro atoms. The van der Waals surface area contributed by atoms with Crippen LogP contribution in [0.5, 0.6) is 0 Å². The molecule has 1 aromatic heterocycles. The quantitative estimate of drug-likeness (QED) is 0.630. The molecule has 0 amide bonds. The molecule has 0 aliphatic carbocycles. The molecule has 0 saturated heterocycles. The van der Waals surface area contributed by atoms with Gasteiger partial charge in [-0.3, -0.25) is 0 Å². The zero-order valence-electron chi connectivity index (χ0n) is 14.4. The molecule has 0 aliphatic heterocycles. The van der Waals surface area contributed by atoms with Crippen LogP contribution in [0.25, 0.3) is 0 Å². The maximum Gasteiger partial charge on any atom is 0.191 e. The van der Waals surface area contributed by atoms with Crippen molar-refractivity contribution in [2.24, 2.45) is 4.99 Å². The summed E-state index contributed by atoms with van der Waals surface area (Å²) < 4.78 is 0. The molecule has 0 radical (unpaired) electrons. The molecule has 0 bridgehead atoms. The normalized spacial score (nSPS) is 11.4. The van der Waals surface area contributed by atoms with Crippen LogP contribution in [0.3, 0.4) is 0 Å². The second-order valence-electron chi connectivity index (χ2n) is 5.62. The van der Waals surface area contributed by atoms with E-state index in [1.165, 1.54) is 21.0 Å². The largest absolute Gasteiger partial charge is 0.378 e. The minimum atomic E-state index is 0.673. The lowest BCUT2D eigenvalue weighted by molar-refractivity contribution is 0.823. The number of benzene rings is 1. The molecule has 5 heteroatoms. The fourth-order valence-electron chi connectivity index (χ4n) is 2.16. The third-order valence-electron chi connectivity index (χ3n) is 3.44. The Morgan fingerprint density at radius 1 is 1.09 bits per heavy atom. The van der Waals surface area contributed by atoms with Gasteiger partial charge in [0.2, 0.25) is 0 Å². The van der Waals surface area contributed by atoms with E-state index in [2.05, 4.69) is 70.8 Å². The summed E-state index contributed by atoms with van der Waals surface area (Å²) in [7, 11) is 4.10. The minimum absolute atomic E-state index is 0.673. The van der Waals surface area contributed by atoms with E-state index in [9.17, 15) is 0 Å². The van der Waals surface area contributed by atoms with Gasteiger partial charge >= 0.3 is 0 Å². The highest BCUT2D eigenvalue weighted by Crippen LogP contribution is 2.15. The average molecular weight is 331 g/mol. The first-order valence-electron chi connectivity index (χ1n) is 7.92. The molecule has 124 valence electrons. The average Bonchev–Trinajstić information content (AvgIpc) is 2.96. The van der Waals surface area contributed by atoms with Gasteiger partial charge in [-0.1, -0.05) is 12.1 Å². The lowest BCUT2D eigenvalue weighted by atomic mass is 10.2. The Kier molecular flexibility index (Phi) is 6.47. The highest BCUT2D eigenvalue weighted by atomic mass is 32.1. The van der Waals surface area contributed by atoms with Crippen molar-refractivity contribution in [3.63, 3.8) is 0 Å². The number of rotatable bonds is 6. The molecule has 4 nitrogen and oxygen atoms in total. The van der Waals surface area contributed by atoms with E-state index in [0.717, 1.165) is 19.0 Å². The van der Waals surface area contributed by atoms with Crippen LogP contribution < -0.4 is 15.5 Å². The van der Waals surface area contributed by atoms with E-state index in [1.807, 2.05) is 25.4 Å². The van der Waals surface area contributed by atoms with Crippen LogP contribution in [0.4, 0.5) is 5.69 Å². The van der Waals surface area contributed by atoms with Gasteiger partial charge in [-0.2, -0.15) is 0 Å². The van der Waals surface area contributed by atoms with Crippen molar-refractivity contribution >= 4 is 23.0 Å². The summed E-state index contributed by atoms with van der Waals surface area (Å²) in [5.74, 6) is 0.857. The number of nitrogens with one attached hydrogen (secondary N) is 2. The van der Waals surface area contributed by atoms with Crippen LogP contribution >= 0.6 is 11.3 Å². The van der Waals surface area contributed by atoms with Crippen molar-refractivity contribution in [3.8, 4) is 0 Å². The lowest BCUT2D eigenvalue weighted by Crippen LogP contribution is -2.36. The lowest BCUT2D eigenvalue weighted by Gasteiger charge is -2.13. The molecular formula is C18H26N4S. The van der Waals surface area contributed by atoms with Gasteiger partial charge in [0.1, 0.15) is 0 Å². The molecule has 0 unspecified atom stereocenters. The Bertz CT molecular complexity index is 629. The minimum Gasteiger partial charge on any atom is -0.378 e. The van der Waals surface area contributed by atoms with E-state index in [1.54, 1.807) is 0 Å². The number of guanidine groups is 1. The number of aliphatic imine (C=N–C) groups is 1. The van der Waals surface area contributed by atoms with Crippen molar-refractivity contribution in [2.45, 2.75) is 26.9 Å². The maximum absolute atomic E-state index is 4.67. The monoisotopic (exact) mass is 330 g/mol. The molecule has 2 N–H and O–H groups in total. The standard InChI is InChI=1S/C18H26N4S/c1-5-19-18(21-13-17-11-6-14(2)23-17)20-12-15-7-9-16(10-8-15)22(3)4/h6-11H,5,12-13H2,1-4H3,(H2,19,20,21). The molecule has 2 aromatic rings. The predicted octanol–water partition coefficient (Wildman–Crippen LogP) is 3.38. The Hall–Kier alpha value is -2.01. The summed E-state index contributed by atoms with van der Waals surface area (Å²) in [6, 6.07) is 12.8. The summed E-state index contributed by atoms with van der Waals surface area (Å²) in [6.07, 6.45) is 0. The van der Waals surface area contributed by atoms with E-state index in [-0.39, 0.29) is 0 Å². The fraction of sp³-hybridized carbons (Fsp3) is 0.389. The second-order valence-corrected chi connectivity index (χ2v) is 6.99. The van der Waals surface area contributed by atoms with Gasteiger partial charge in [0, 0.05) is 36.1 Å². The van der Waals surface area contributed by atoms with E-state index in [0.29, 0.717) is 6.54 Å². The number of aryl methyl sites for hydroxylation is 1. The first kappa shape index (κ1) is 17.3. The second kappa shape index (κ2) is 8.58. The third kappa shape index (κ3) is 5.60. The SMILES string of the molecule is CCNC(=NCc1ccc(N(C)C)cc1)NCc1ccc(C)s1. The first-order chi connectivity index (χ1) is 11.1. The summed E-state index contributed by atoms with van der Waals surface area (Å²) >= 11 is 1.82. The van der Waals surface area contributed by atoms with Gasteiger partial charge in [-0.25, -0.2) is 4.99 Å². The van der Waals surface area contributed by atoms with Gasteiger partial charge in [0.25, 0.3) is 0 Å². The summed E-state index contributed by atoms with van der Waals surface area (Å²) in [6.45, 7) is 6.55. The maximum atomic E-state index is 4.67. The molecule has 23 heavy (non-hydrogen) atoms. The zero-order chi connectivity index (χ0) is 16.7. The number of nitrogens with zero attached hydrogens (tertiary/aromatic N) is 2. The zero-order valence-corrected chi connectivity index (χ0v) is 15.2. The van der Waals surface area contributed by atoms with Crippen LogP contribution in [0.1, 0.15) is 22.2 Å². The molecule has 2 rings (SSSR count). The Morgan fingerprint density at radius 2 is 1.83 bits per heavy atom. The van der Waals surface area contributed by atoms with Gasteiger partial charge < -0.3 is 15.5 Å². The molecule has 0 saturated carbocycles. The van der Waals surface area contributed by atoms with Crippen LogP contribution in [-0.2, 0) is 13.1 Å². The molecule has 0 fully saturated rings. The van der Waals surface area contributed by atoms with Crippen molar-refractivity contribution in [2.75, 3.05) is 25.5 Å². The van der Waals surface area contributed by atoms with Crippen LogP contribution in [-0.4, -0.2) is 26.6 Å². The fourth-order valence-corrected chi connectivity index (χ4v) is 2.99. The van der Waals surface area contributed by atoms with Gasteiger partial charge in [-0.05, 0) is 43.7 Å². The van der Waals surface area contributed by atoms with E-state index < -0.39 is 0 Å². The molecule has 1 aromatic carbocycles. The summed E-state index contributed by atoms with van der Waals surface area (Å²) in [5, 5.41) is 6.69. The van der Waals surface area contributed by atoms with E-state index in [4.69, 9.17) is 0 Å². The summed E-state index contributed by atoms with van der Waals surface area (Å²) in [5.41, 5.74) is 2.41. The number of thiophene rings is 1. The first-order valence-corrected chi connectivity index (χ1v) is 8.74. The van der Waals surface area contributed by atoms with Gasteiger partial charge in [0.05, 0.1) is 13.1 Å². The molecule has 1 heterocycles. The third-order valence-corrected chi connectivity index (χ3v) is 4.44. The van der Waals surface area contributed by atoms with Crippen LogP contribution in [0.2, 0.25) is 0 Å². The van der Waals surface area contributed by atoms with Crippen molar-refractivity contribution in [1.29, 1.82) is 0 Å². The van der Waals surface area contributed by atoms with Crippen LogP contribution in [0.15, 0.2) is 41.4 Å². The van der Waals surface area contributed by atoms with Crippen LogP contribution in [0, 0.1) is 6.92 Å². The van der Waals surface area contributed by atoms with Crippen molar-refractivity contribution in [1.82, 2.24) is 10.6 Å². The Morgan fingerprint density at radius 3 is 2.39 bits per heavy atom. The predicted molar refractivity (Wildman–Crippen MR) is 101 cm³/mol. The number of anilines is 1. The van der Waals surface area contributed by atoms with Gasteiger partial charge in [0.15, 0.2) is 5.96 Å². The molecular weight excluding hydrogens is 304 g/mol. The number of hydrogen-bond acceptors (Lipinski definition) is 3. The molecule has 0 aliphatic rings. The Labute approximate surface area is 143 Å². The van der Waals surface area contributed by atoms with E-state index >= 15 is 0 Å². The van der Waals surface area contributed by atoms with Gasteiger partial charge in [-0.15, -0.1) is 11.3 Å². The smallest absolute Gasteiger partial charge is 0.191 e.